The van der Waals surface area contributed by atoms with Gasteiger partial charge in [-0.1, -0.05) is 36.5 Å². The molecule has 3 aromatic rings. The molecule has 0 amide bonds. The quantitative estimate of drug-likeness (QED) is 0.535. The molecule has 0 bridgehead atoms. The maximum absolute atomic E-state index is 13.0. The maximum Gasteiger partial charge on any atom is 0.161 e. The van der Waals surface area contributed by atoms with Gasteiger partial charge in [0.2, 0.25) is 0 Å². The summed E-state index contributed by atoms with van der Waals surface area (Å²) in [5.74, 6) is 1.72. The van der Waals surface area contributed by atoms with Gasteiger partial charge in [0.1, 0.15) is 23.2 Å². The smallest absolute Gasteiger partial charge is 0.161 e. The summed E-state index contributed by atoms with van der Waals surface area (Å²) in [5.41, 5.74) is 2.80. The monoisotopic (exact) mass is 411 g/mol. The van der Waals surface area contributed by atoms with E-state index in [0.717, 1.165) is 22.4 Å². The largest absolute Gasteiger partial charge is 0.497 e. The molecule has 0 aliphatic carbocycles. The van der Waals surface area contributed by atoms with Gasteiger partial charge in [-0.3, -0.25) is 0 Å². The molecule has 150 valence electrons. The van der Waals surface area contributed by atoms with Gasteiger partial charge in [-0.05, 0) is 53.6 Å². The summed E-state index contributed by atoms with van der Waals surface area (Å²) >= 11 is 5.50. The van der Waals surface area contributed by atoms with Gasteiger partial charge in [0.15, 0.2) is 11.5 Å². The van der Waals surface area contributed by atoms with Crippen LogP contribution in [-0.4, -0.2) is 19.2 Å². The van der Waals surface area contributed by atoms with Crippen LogP contribution in [0.15, 0.2) is 66.7 Å². The zero-order valence-corrected chi connectivity index (χ0v) is 17.1. The molecule has 0 fully saturated rings. The van der Waals surface area contributed by atoms with E-state index in [1.807, 2.05) is 42.5 Å². The predicted molar refractivity (Wildman–Crippen MR) is 115 cm³/mol. The van der Waals surface area contributed by atoms with Crippen LogP contribution in [-0.2, 0) is 13.2 Å². The highest BCUT2D eigenvalue weighted by molar-refractivity contribution is 7.80. The third-order valence-electron chi connectivity index (χ3n) is 4.35. The van der Waals surface area contributed by atoms with Gasteiger partial charge in [-0.15, -0.1) is 0 Å². The molecule has 0 heterocycles. The van der Waals surface area contributed by atoms with Crippen molar-refractivity contribution in [1.29, 1.82) is 0 Å². The van der Waals surface area contributed by atoms with E-state index < -0.39 is 0 Å². The summed E-state index contributed by atoms with van der Waals surface area (Å²) in [5, 5.41) is 3.25. The van der Waals surface area contributed by atoms with Crippen LogP contribution in [0, 0.1) is 5.82 Å². The lowest BCUT2D eigenvalue weighted by Gasteiger charge is -2.14. The van der Waals surface area contributed by atoms with E-state index in [2.05, 4.69) is 5.32 Å². The van der Waals surface area contributed by atoms with E-state index in [1.165, 1.54) is 12.1 Å². The average Bonchev–Trinajstić information content (AvgIpc) is 2.77. The Kier molecular flexibility index (Phi) is 7.03. The Bertz CT molecular complexity index is 959. The van der Waals surface area contributed by atoms with Gasteiger partial charge in [0, 0.05) is 12.1 Å². The van der Waals surface area contributed by atoms with Gasteiger partial charge in [0.25, 0.3) is 0 Å². The second kappa shape index (κ2) is 9.89. The Labute approximate surface area is 175 Å². The first-order valence-electron chi connectivity index (χ1n) is 9.05. The molecule has 0 atom stereocenters. The van der Waals surface area contributed by atoms with Crippen LogP contribution in [0.4, 0.5) is 4.39 Å². The van der Waals surface area contributed by atoms with Crippen molar-refractivity contribution in [2.75, 3.05) is 14.2 Å². The Hall–Kier alpha value is -3.12. The lowest BCUT2D eigenvalue weighted by molar-refractivity contribution is 0.284. The molecule has 0 radical (unpaired) electrons. The SMILES string of the molecule is COc1ccc(CNC(=S)c2ccc(OCc3ccc(F)cc3)c(OC)c2)cc1. The highest BCUT2D eigenvalue weighted by atomic mass is 32.1. The molecule has 6 heteroatoms. The predicted octanol–water partition coefficient (Wildman–Crippen LogP) is 4.89. The first kappa shape index (κ1) is 20.6. The molecular weight excluding hydrogens is 389 g/mol. The Morgan fingerprint density at radius 3 is 2.21 bits per heavy atom. The van der Waals surface area contributed by atoms with E-state index in [1.54, 1.807) is 26.4 Å². The fourth-order valence-corrected chi connectivity index (χ4v) is 2.90. The van der Waals surface area contributed by atoms with Gasteiger partial charge in [0.05, 0.1) is 14.2 Å². The van der Waals surface area contributed by atoms with Crippen molar-refractivity contribution in [3.63, 3.8) is 0 Å². The average molecular weight is 411 g/mol. The summed E-state index contributed by atoms with van der Waals surface area (Å²) in [6.45, 7) is 0.921. The van der Waals surface area contributed by atoms with E-state index >= 15 is 0 Å². The van der Waals surface area contributed by atoms with Crippen molar-refractivity contribution >= 4 is 17.2 Å². The number of methoxy groups -OCH3 is 2. The molecule has 3 aromatic carbocycles. The molecule has 0 aliphatic rings. The summed E-state index contributed by atoms with van der Waals surface area (Å²) in [4.78, 5) is 0.615. The van der Waals surface area contributed by atoms with Crippen LogP contribution >= 0.6 is 12.2 Å². The fourth-order valence-electron chi connectivity index (χ4n) is 2.70. The molecule has 29 heavy (non-hydrogen) atoms. The number of ether oxygens (including phenoxy) is 3. The molecule has 0 unspecified atom stereocenters. The number of hydrogen-bond donors (Lipinski definition) is 1. The van der Waals surface area contributed by atoms with Crippen molar-refractivity contribution < 1.29 is 18.6 Å². The Balaban J connectivity index is 1.61. The minimum atomic E-state index is -0.272. The highest BCUT2D eigenvalue weighted by Gasteiger charge is 2.09. The van der Waals surface area contributed by atoms with Crippen molar-refractivity contribution in [3.8, 4) is 17.2 Å². The zero-order valence-electron chi connectivity index (χ0n) is 16.3. The van der Waals surface area contributed by atoms with Gasteiger partial charge in [-0.2, -0.15) is 0 Å². The third-order valence-corrected chi connectivity index (χ3v) is 4.73. The van der Waals surface area contributed by atoms with Crippen LogP contribution in [0.25, 0.3) is 0 Å². The maximum atomic E-state index is 13.0. The first-order valence-corrected chi connectivity index (χ1v) is 9.46. The third kappa shape index (κ3) is 5.68. The van der Waals surface area contributed by atoms with E-state index in [4.69, 9.17) is 26.4 Å². The highest BCUT2D eigenvalue weighted by Crippen LogP contribution is 2.29. The van der Waals surface area contributed by atoms with E-state index in [0.29, 0.717) is 29.6 Å². The lowest BCUT2D eigenvalue weighted by Crippen LogP contribution is -2.21. The first-order chi connectivity index (χ1) is 14.1. The molecule has 0 aliphatic heterocycles. The molecule has 4 nitrogen and oxygen atoms in total. The van der Waals surface area contributed by atoms with Crippen LogP contribution in [0.3, 0.4) is 0 Å². The van der Waals surface area contributed by atoms with Crippen molar-refractivity contribution in [2.24, 2.45) is 0 Å². The van der Waals surface area contributed by atoms with Gasteiger partial charge < -0.3 is 19.5 Å². The number of rotatable bonds is 8. The second-order valence-corrected chi connectivity index (χ2v) is 6.72. The normalized spacial score (nSPS) is 10.3. The molecule has 0 saturated heterocycles. The Morgan fingerprint density at radius 1 is 0.862 bits per heavy atom. The number of halogens is 1. The number of benzene rings is 3. The number of thiocarbonyl (C=S) groups is 1. The molecule has 0 spiro atoms. The van der Waals surface area contributed by atoms with E-state index in [9.17, 15) is 4.39 Å². The minimum Gasteiger partial charge on any atom is -0.497 e. The minimum absolute atomic E-state index is 0.272. The topological polar surface area (TPSA) is 39.7 Å². The number of hydrogen-bond acceptors (Lipinski definition) is 4. The molecule has 1 N–H and O–H groups in total. The zero-order chi connectivity index (χ0) is 20.6. The molecule has 3 rings (SSSR count). The van der Waals surface area contributed by atoms with Crippen LogP contribution in [0.1, 0.15) is 16.7 Å². The standard InChI is InChI=1S/C23H22FNO3S/c1-26-20-10-5-16(6-11-20)14-25-23(29)18-7-12-21(22(13-18)27-2)28-15-17-3-8-19(24)9-4-17/h3-13H,14-15H2,1-2H3,(H,25,29). The van der Waals surface area contributed by atoms with Crippen LogP contribution < -0.4 is 19.5 Å². The van der Waals surface area contributed by atoms with E-state index in [-0.39, 0.29) is 5.82 Å². The van der Waals surface area contributed by atoms with Crippen LogP contribution in [0.2, 0.25) is 0 Å². The second-order valence-electron chi connectivity index (χ2n) is 6.31. The van der Waals surface area contributed by atoms with Crippen molar-refractivity contribution in [1.82, 2.24) is 5.32 Å². The van der Waals surface area contributed by atoms with Crippen molar-refractivity contribution in [2.45, 2.75) is 13.2 Å². The summed E-state index contributed by atoms with van der Waals surface area (Å²) in [6, 6.07) is 19.5. The lowest BCUT2D eigenvalue weighted by atomic mass is 10.1. The molecule has 0 saturated carbocycles. The van der Waals surface area contributed by atoms with Crippen molar-refractivity contribution in [3.05, 3.63) is 89.2 Å². The fraction of sp³-hybridized carbons (Fsp3) is 0.174. The molecular formula is C23H22FNO3S. The van der Waals surface area contributed by atoms with Gasteiger partial charge in [-0.25, -0.2) is 4.39 Å². The summed E-state index contributed by atoms with van der Waals surface area (Å²) in [6.07, 6.45) is 0. The molecule has 0 aromatic heterocycles. The Morgan fingerprint density at radius 2 is 1.55 bits per heavy atom. The number of nitrogens with one attached hydrogen (secondary N) is 1. The van der Waals surface area contributed by atoms with Gasteiger partial charge >= 0.3 is 0 Å². The van der Waals surface area contributed by atoms with Crippen LogP contribution in [0.5, 0.6) is 17.2 Å². The summed E-state index contributed by atoms with van der Waals surface area (Å²) < 4.78 is 29.4. The summed E-state index contributed by atoms with van der Waals surface area (Å²) in [7, 11) is 3.22.